The largest absolute Gasteiger partial charge is 0.488 e. The lowest BCUT2D eigenvalue weighted by Crippen LogP contribution is -2.47. The third kappa shape index (κ3) is 3.26. The van der Waals surface area contributed by atoms with Crippen LogP contribution in [0.25, 0.3) is 21.9 Å². The van der Waals surface area contributed by atoms with Gasteiger partial charge in [0.05, 0.1) is 19.6 Å². The van der Waals surface area contributed by atoms with Gasteiger partial charge in [0, 0.05) is 40.8 Å². The molecule has 0 amide bonds. The molecule has 1 aliphatic rings. The van der Waals surface area contributed by atoms with Crippen LogP contribution in [0.5, 0.6) is 5.75 Å². The van der Waals surface area contributed by atoms with Gasteiger partial charge >= 0.3 is 0 Å². The zero-order chi connectivity index (χ0) is 17.3. The van der Waals surface area contributed by atoms with E-state index < -0.39 is 0 Å². The summed E-state index contributed by atoms with van der Waals surface area (Å²) in [6.07, 6.45) is 4.65. The van der Waals surface area contributed by atoms with Crippen LogP contribution in [0.15, 0.2) is 53.5 Å². The van der Waals surface area contributed by atoms with Crippen LogP contribution in [-0.4, -0.2) is 37.3 Å². The first-order valence-corrected chi connectivity index (χ1v) is 9.28. The fourth-order valence-corrected chi connectivity index (χ4v) is 4.12. The summed E-state index contributed by atoms with van der Waals surface area (Å²) >= 11 is 6.05. The fourth-order valence-electron chi connectivity index (χ4n) is 3.96. The lowest BCUT2D eigenvalue weighted by Gasteiger charge is -2.32. The van der Waals surface area contributed by atoms with Crippen LogP contribution in [-0.2, 0) is 0 Å². The Morgan fingerprint density at radius 3 is 2.56 bits per heavy atom. The Bertz CT molecular complexity index is 909. The number of benzene rings is 2. The minimum atomic E-state index is 0.685. The number of fused-ring (bicyclic) bond motifs is 3. The van der Waals surface area contributed by atoms with E-state index >= 15 is 0 Å². The molecule has 1 fully saturated rings. The number of quaternary nitrogens is 1. The van der Waals surface area contributed by atoms with E-state index in [-0.39, 0.29) is 0 Å². The summed E-state index contributed by atoms with van der Waals surface area (Å²) in [4.78, 5) is 0. The first kappa shape index (κ1) is 16.5. The number of hydrogen-bond donors (Lipinski definition) is 0. The van der Waals surface area contributed by atoms with Crippen LogP contribution in [0, 0.1) is 0 Å². The highest BCUT2D eigenvalue weighted by Gasteiger charge is 2.30. The maximum absolute atomic E-state index is 6.05. The van der Waals surface area contributed by atoms with Crippen LogP contribution in [0.4, 0.5) is 0 Å². The van der Waals surface area contributed by atoms with Crippen molar-refractivity contribution in [3.63, 3.8) is 0 Å². The summed E-state index contributed by atoms with van der Waals surface area (Å²) in [5, 5.41) is 2.86. The lowest BCUT2D eigenvalue weighted by molar-refractivity contribution is -0.911. The molecule has 2 heterocycles. The van der Waals surface area contributed by atoms with E-state index in [1.165, 1.54) is 25.9 Å². The van der Waals surface area contributed by atoms with E-state index in [2.05, 4.69) is 12.6 Å². The number of likely N-dealkylation sites (tertiary alicyclic amines) is 1. The zero-order valence-corrected chi connectivity index (χ0v) is 15.1. The molecule has 0 spiro atoms. The van der Waals surface area contributed by atoms with Gasteiger partial charge in [0.25, 0.3) is 0 Å². The first-order chi connectivity index (χ1) is 12.2. The number of furan rings is 1. The van der Waals surface area contributed by atoms with Gasteiger partial charge in [0.15, 0.2) is 0 Å². The van der Waals surface area contributed by atoms with Crippen molar-refractivity contribution in [2.75, 3.05) is 32.8 Å². The second-order valence-corrected chi connectivity index (χ2v) is 7.38. The Hall–Kier alpha value is -1.97. The van der Waals surface area contributed by atoms with Gasteiger partial charge in [0.1, 0.15) is 30.1 Å². The van der Waals surface area contributed by atoms with Gasteiger partial charge in [-0.1, -0.05) is 18.2 Å². The van der Waals surface area contributed by atoms with Crippen molar-refractivity contribution in [3.8, 4) is 5.75 Å². The third-order valence-corrected chi connectivity index (χ3v) is 5.51. The molecule has 2 aromatic carbocycles. The average Bonchev–Trinajstić information content (AvgIpc) is 3.19. The molecule has 25 heavy (non-hydrogen) atoms. The molecule has 1 aromatic heterocycles. The minimum absolute atomic E-state index is 0.685. The number of ether oxygens (including phenoxy) is 1. The monoisotopic (exact) mass is 356 g/mol. The predicted molar refractivity (Wildman–Crippen MR) is 103 cm³/mol. The van der Waals surface area contributed by atoms with Gasteiger partial charge in [-0.3, -0.25) is 0 Å². The van der Waals surface area contributed by atoms with E-state index in [1.807, 2.05) is 36.4 Å². The standard InChI is InChI=1S/C21H23ClNO2/c1-2-9-23(10-3-4-11-23)12-13-24-17-6-8-19-18-7-5-16(22)14-20(18)25-21(19)15-17/h2,5-8,14-15H,1,3-4,9-13H2/q+1. The van der Waals surface area contributed by atoms with Gasteiger partial charge < -0.3 is 13.6 Å². The second kappa shape index (κ2) is 6.74. The molecule has 0 bridgehead atoms. The zero-order valence-electron chi connectivity index (χ0n) is 14.3. The van der Waals surface area contributed by atoms with E-state index in [4.69, 9.17) is 20.8 Å². The molecule has 130 valence electrons. The molecule has 0 radical (unpaired) electrons. The number of halogens is 1. The topological polar surface area (TPSA) is 22.4 Å². The molecule has 4 heteroatoms. The van der Waals surface area contributed by atoms with Gasteiger partial charge in [0.2, 0.25) is 0 Å². The minimum Gasteiger partial charge on any atom is -0.488 e. The normalized spacial score (nSPS) is 16.5. The summed E-state index contributed by atoms with van der Waals surface area (Å²) in [6, 6.07) is 11.8. The van der Waals surface area contributed by atoms with Crippen molar-refractivity contribution < 1.29 is 13.6 Å². The number of hydrogen-bond acceptors (Lipinski definition) is 2. The molecule has 0 unspecified atom stereocenters. The molecule has 0 N–H and O–H groups in total. The van der Waals surface area contributed by atoms with Crippen LogP contribution in [0.2, 0.25) is 5.02 Å². The van der Waals surface area contributed by atoms with Crippen molar-refractivity contribution in [3.05, 3.63) is 54.1 Å². The summed E-state index contributed by atoms with van der Waals surface area (Å²) in [6.45, 7) is 9.16. The molecule has 3 aromatic rings. The highest BCUT2D eigenvalue weighted by Crippen LogP contribution is 2.32. The number of rotatable bonds is 6. The fraction of sp³-hybridized carbons (Fsp3) is 0.333. The summed E-state index contributed by atoms with van der Waals surface area (Å²) in [5.41, 5.74) is 1.65. The molecule has 0 aliphatic carbocycles. The second-order valence-electron chi connectivity index (χ2n) is 6.94. The van der Waals surface area contributed by atoms with Crippen LogP contribution in [0.1, 0.15) is 12.8 Å². The molecular formula is C21H23ClNO2+. The smallest absolute Gasteiger partial charge is 0.139 e. The predicted octanol–water partition coefficient (Wildman–Crippen LogP) is 5.41. The summed E-state index contributed by atoms with van der Waals surface area (Å²) in [7, 11) is 0. The van der Waals surface area contributed by atoms with Gasteiger partial charge in [-0.2, -0.15) is 0 Å². The molecule has 1 aliphatic heterocycles. The van der Waals surface area contributed by atoms with Crippen molar-refractivity contribution in [1.29, 1.82) is 0 Å². The van der Waals surface area contributed by atoms with Crippen molar-refractivity contribution in [2.24, 2.45) is 0 Å². The Balaban J connectivity index is 1.50. The summed E-state index contributed by atoms with van der Waals surface area (Å²) < 4.78 is 13.1. The van der Waals surface area contributed by atoms with Crippen molar-refractivity contribution >= 4 is 33.5 Å². The molecule has 0 saturated carbocycles. The summed E-state index contributed by atoms with van der Waals surface area (Å²) in [5.74, 6) is 0.855. The van der Waals surface area contributed by atoms with Gasteiger partial charge in [-0.25, -0.2) is 0 Å². The first-order valence-electron chi connectivity index (χ1n) is 8.90. The molecule has 1 saturated heterocycles. The Morgan fingerprint density at radius 2 is 1.80 bits per heavy atom. The maximum Gasteiger partial charge on any atom is 0.139 e. The van der Waals surface area contributed by atoms with Gasteiger partial charge in [-0.15, -0.1) is 0 Å². The average molecular weight is 357 g/mol. The van der Waals surface area contributed by atoms with Crippen molar-refractivity contribution in [2.45, 2.75) is 12.8 Å². The van der Waals surface area contributed by atoms with Crippen LogP contribution < -0.4 is 4.74 Å². The molecular weight excluding hydrogens is 334 g/mol. The SMILES string of the molecule is C=CC[N+]1(CCOc2ccc3c(c2)oc2cc(Cl)ccc23)CCCC1. The maximum atomic E-state index is 6.05. The van der Waals surface area contributed by atoms with E-state index in [0.717, 1.165) is 45.3 Å². The Labute approximate surface area is 153 Å². The molecule has 0 atom stereocenters. The molecule has 3 nitrogen and oxygen atoms in total. The van der Waals surface area contributed by atoms with Gasteiger partial charge in [-0.05, 0) is 30.3 Å². The Kier molecular flexibility index (Phi) is 4.45. The van der Waals surface area contributed by atoms with E-state index in [1.54, 1.807) is 0 Å². The quantitative estimate of drug-likeness (QED) is 0.435. The highest BCUT2D eigenvalue weighted by molar-refractivity contribution is 6.31. The number of nitrogens with zero attached hydrogens (tertiary/aromatic N) is 1. The Morgan fingerprint density at radius 1 is 1.08 bits per heavy atom. The third-order valence-electron chi connectivity index (χ3n) is 5.27. The van der Waals surface area contributed by atoms with Crippen molar-refractivity contribution in [1.82, 2.24) is 0 Å². The van der Waals surface area contributed by atoms with E-state index in [9.17, 15) is 0 Å². The van der Waals surface area contributed by atoms with Crippen LogP contribution >= 0.6 is 11.6 Å². The highest BCUT2D eigenvalue weighted by atomic mass is 35.5. The molecule has 4 rings (SSSR count). The lowest BCUT2D eigenvalue weighted by atomic mass is 10.1. The van der Waals surface area contributed by atoms with Crippen LogP contribution in [0.3, 0.4) is 0 Å². The van der Waals surface area contributed by atoms with E-state index in [0.29, 0.717) is 11.6 Å².